The minimum Gasteiger partial charge on any atom is -0.489 e. The third kappa shape index (κ3) is 5.18. The van der Waals surface area contributed by atoms with Gasteiger partial charge in [0.05, 0.1) is 17.3 Å². The zero-order valence-corrected chi connectivity index (χ0v) is 20.2. The molecule has 2 aromatic rings. The van der Waals surface area contributed by atoms with Crippen LogP contribution in [0.1, 0.15) is 44.0 Å². The Kier molecular flexibility index (Phi) is 5.78. The van der Waals surface area contributed by atoms with Crippen molar-refractivity contribution in [2.24, 2.45) is 5.73 Å². The summed E-state index contributed by atoms with van der Waals surface area (Å²) in [7, 11) is 0. The van der Waals surface area contributed by atoms with Crippen molar-refractivity contribution in [3.63, 3.8) is 0 Å². The second-order valence-electron chi connectivity index (χ2n) is 10.1. The van der Waals surface area contributed by atoms with Crippen LogP contribution in [0.25, 0.3) is 0 Å². The quantitative estimate of drug-likeness (QED) is 0.589. The minimum atomic E-state index is -0.566. The van der Waals surface area contributed by atoms with Gasteiger partial charge in [-0.05, 0) is 45.7 Å². The van der Waals surface area contributed by atoms with Crippen LogP contribution >= 0.6 is 0 Å². The number of rotatable bonds is 5. The van der Waals surface area contributed by atoms with E-state index in [4.69, 9.17) is 15.2 Å². The molecule has 11 heteroatoms. The highest BCUT2D eigenvalue weighted by Crippen LogP contribution is 2.38. The number of aromatic nitrogens is 2. The molecule has 1 aliphatic carbocycles. The van der Waals surface area contributed by atoms with Gasteiger partial charge in [0.15, 0.2) is 0 Å². The Morgan fingerprint density at radius 1 is 1.23 bits per heavy atom. The molecule has 3 aliphatic rings. The first kappa shape index (κ1) is 23.0. The second-order valence-corrected chi connectivity index (χ2v) is 10.1. The summed E-state index contributed by atoms with van der Waals surface area (Å²) < 4.78 is 11.6. The van der Waals surface area contributed by atoms with Gasteiger partial charge in [0.25, 0.3) is 5.91 Å². The fraction of sp³-hybridized carbons (Fsp3) is 0.500. The van der Waals surface area contributed by atoms with E-state index < -0.39 is 11.5 Å². The van der Waals surface area contributed by atoms with Gasteiger partial charge in [-0.2, -0.15) is 4.98 Å². The van der Waals surface area contributed by atoms with E-state index >= 15 is 0 Å². The lowest BCUT2D eigenvalue weighted by atomic mass is 10.1. The largest absolute Gasteiger partial charge is 0.489 e. The summed E-state index contributed by atoms with van der Waals surface area (Å²) in [5.41, 5.74) is 6.96. The number of ether oxygens (including phenoxy) is 2. The fourth-order valence-electron chi connectivity index (χ4n) is 4.22. The number of carbonyl (C=O) groups excluding carboxylic acids is 2. The lowest BCUT2D eigenvalue weighted by Crippen LogP contribution is -2.59. The lowest BCUT2D eigenvalue weighted by Gasteiger charge is -2.45. The third-order valence-corrected chi connectivity index (χ3v) is 6.06. The van der Waals surface area contributed by atoms with Crippen LogP contribution in [0.15, 0.2) is 24.4 Å². The van der Waals surface area contributed by atoms with Crippen LogP contribution in [-0.4, -0.2) is 70.8 Å². The predicted octanol–water partition coefficient (Wildman–Crippen LogP) is 2.71. The predicted molar refractivity (Wildman–Crippen MR) is 131 cm³/mol. The topological polar surface area (TPSA) is 135 Å². The van der Waals surface area contributed by atoms with E-state index in [2.05, 4.69) is 25.5 Å². The van der Waals surface area contributed by atoms with Gasteiger partial charge in [-0.15, -0.1) is 0 Å². The van der Waals surface area contributed by atoms with E-state index in [1.54, 1.807) is 4.90 Å². The second kappa shape index (κ2) is 8.79. The Labute approximate surface area is 204 Å². The Morgan fingerprint density at radius 2 is 2.03 bits per heavy atom. The van der Waals surface area contributed by atoms with Gasteiger partial charge in [0.1, 0.15) is 23.8 Å². The van der Waals surface area contributed by atoms with Gasteiger partial charge in [0, 0.05) is 43.6 Å². The van der Waals surface area contributed by atoms with Crippen LogP contribution in [0.5, 0.6) is 5.75 Å². The molecule has 3 heterocycles. The lowest BCUT2D eigenvalue weighted by molar-refractivity contribution is 0.0195. The van der Waals surface area contributed by atoms with Gasteiger partial charge in [-0.1, -0.05) is 0 Å². The summed E-state index contributed by atoms with van der Waals surface area (Å²) in [5.74, 6) is 0.987. The first-order chi connectivity index (χ1) is 16.7. The summed E-state index contributed by atoms with van der Waals surface area (Å²) in [6.45, 7) is 7.90. The van der Waals surface area contributed by atoms with Gasteiger partial charge < -0.3 is 35.6 Å². The van der Waals surface area contributed by atoms with Crippen molar-refractivity contribution < 1.29 is 19.1 Å². The molecule has 0 radical (unpaired) electrons. The highest BCUT2D eigenvalue weighted by Gasteiger charge is 2.36. The number of amides is 2. The first-order valence-corrected chi connectivity index (χ1v) is 11.9. The number of nitrogens with two attached hydrogens (primary N) is 1. The minimum absolute atomic E-state index is 0.0586. The smallest absolute Gasteiger partial charge is 0.410 e. The van der Waals surface area contributed by atoms with E-state index in [1.165, 1.54) is 6.20 Å². The number of hydrogen-bond donors (Lipinski definition) is 3. The number of primary amides is 1. The highest BCUT2D eigenvalue weighted by atomic mass is 16.6. The molecule has 1 saturated carbocycles. The summed E-state index contributed by atoms with van der Waals surface area (Å²) in [6, 6.07) is 6.21. The summed E-state index contributed by atoms with van der Waals surface area (Å²) in [5, 5.41) is 6.42. The van der Waals surface area contributed by atoms with Crippen LogP contribution in [0.4, 0.5) is 27.9 Å². The highest BCUT2D eigenvalue weighted by molar-refractivity contribution is 5.97. The molecule has 0 spiro atoms. The fourth-order valence-corrected chi connectivity index (χ4v) is 4.22. The maximum Gasteiger partial charge on any atom is 0.410 e. The van der Waals surface area contributed by atoms with E-state index in [0.29, 0.717) is 44.0 Å². The number of hydrogen-bond acceptors (Lipinski definition) is 9. The molecule has 1 saturated heterocycles. The molecule has 1 atom stereocenters. The van der Waals surface area contributed by atoms with Crippen molar-refractivity contribution in [2.45, 2.75) is 51.3 Å². The van der Waals surface area contributed by atoms with Crippen molar-refractivity contribution in [2.75, 3.05) is 41.8 Å². The zero-order valence-electron chi connectivity index (χ0n) is 20.2. The van der Waals surface area contributed by atoms with Crippen molar-refractivity contribution in [3.05, 3.63) is 30.0 Å². The van der Waals surface area contributed by atoms with Crippen molar-refractivity contribution in [1.29, 1.82) is 0 Å². The average molecular weight is 482 g/mol. The molecule has 1 aromatic carbocycles. The maximum absolute atomic E-state index is 12.5. The third-order valence-electron chi connectivity index (χ3n) is 6.06. The Hall–Kier alpha value is -3.76. The standard InChI is InChI=1S/C24H31N7O4/c1-24(2,3)35-23(33)30-8-9-31-16(12-30)13-34-19-10-15(6-7-18(19)31)28-22-26-11-17(20(25)32)21(29-22)27-14-4-5-14/h6-7,10-11,14,16H,4-5,8-9,12-13H2,1-3H3,(H2,25,32)(H2,26,27,28,29)/t16-/m1/s1. The maximum atomic E-state index is 12.5. The number of benzene rings is 1. The Bertz CT molecular complexity index is 1150. The van der Waals surface area contributed by atoms with E-state index in [0.717, 1.165) is 30.0 Å². The molecule has 11 nitrogen and oxygen atoms in total. The number of piperazine rings is 1. The molecule has 0 bridgehead atoms. The molecular formula is C24H31N7O4. The van der Waals surface area contributed by atoms with Crippen molar-refractivity contribution in [1.82, 2.24) is 14.9 Å². The number of fused-ring (bicyclic) bond motifs is 3. The molecule has 4 N–H and O–H groups in total. The summed E-state index contributed by atoms with van der Waals surface area (Å²) in [4.78, 5) is 36.9. The van der Waals surface area contributed by atoms with Gasteiger partial charge in [-0.3, -0.25) is 4.79 Å². The molecule has 35 heavy (non-hydrogen) atoms. The normalized spacial score (nSPS) is 19.2. The van der Waals surface area contributed by atoms with E-state index in [-0.39, 0.29) is 17.7 Å². The van der Waals surface area contributed by atoms with Crippen LogP contribution < -0.4 is 26.0 Å². The van der Waals surface area contributed by atoms with Gasteiger partial charge in [-0.25, -0.2) is 9.78 Å². The molecule has 2 amide bonds. The van der Waals surface area contributed by atoms with E-state index in [9.17, 15) is 9.59 Å². The van der Waals surface area contributed by atoms with Crippen molar-refractivity contribution in [3.8, 4) is 5.75 Å². The van der Waals surface area contributed by atoms with Gasteiger partial charge in [0.2, 0.25) is 5.95 Å². The molecular weight excluding hydrogens is 450 g/mol. The molecule has 1 aromatic heterocycles. The van der Waals surface area contributed by atoms with Crippen LogP contribution in [0.3, 0.4) is 0 Å². The number of anilines is 4. The SMILES string of the molecule is CC(C)(C)OC(=O)N1CCN2c3ccc(Nc4ncc(C(N)=O)c(NC5CC5)n4)cc3OC[C@H]2C1. The zero-order chi connectivity index (χ0) is 24.7. The van der Waals surface area contributed by atoms with E-state index in [1.807, 2.05) is 39.0 Å². The molecule has 5 rings (SSSR count). The molecule has 2 fully saturated rings. The Balaban J connectivity index is 1.28. The Morgan fingerprint density at radius 3 is 2.74 bits per heavy atom. The van der Waals surface area contributed by atoms with Crippen molar-refractivity contribution >= 4 is 35.1 Å². The van der Waals surface area contributed by atoms with Crippen LogP contribution in [0.2, 0.25) is 0 Å². The molecule has 0 unspecified atom stereocenters. The van der Waals surface area contributed by atoms with Gasteiger partial charge >= 0.3 is 6.09 Å². The van der Waals surface area contributed by atoms with Crippen LogP contribution in [-0.2, 0) is 4.74 Å². The first-order valence-electron chi connectivity index (χ1n) is 11.9. The summed E-state index contributed by atoms with van der Waals surface area (Å²) in [6.07, 6.45) is 3.23. The number of nitrogens with zero attached hydrogens (tertiary/aromatic N) is 4. The summed E-state index contributed by atoms with van der Waals surface area (Å²) >= 11 is 0. The molecule has 2 aliphatic heterocycles. The monoisotopic (exact) mass is 481 g/mol. The molecule has 186 valence electrons. The average Bonchev–Trinajstić information content (AvgIpc) is 3.61. The number of carbonyl (C=O) groups is 2. The number of nitrogens with one attached hydrogen (secondary N) is 2. The van der Waals surface area contributed by atoms with Crippen LogP contribution in [0, 0.1) is 0 Å².